The van der Waals surface area contributed by atoms with E-state index in [-0.39, 0.29) is 11.4 Å². The molecule has 2 aromatic carbocycles. The highest BCUT2D eigenvalue weighted by Gasteiger charge is 2.06. The van der Waals surface area contributed by atoms with E-state index in [4.69, 9.17) is 0 Å². The molecule has 3 aromatic rings. The molecular formula is C16H11N3O3. The number of nitro groups is 1. The van der Waals surface area contributed by atoms with Gasteiger partial charge in [-0.25, -0.2) is 9.98 Å². The smallest absolute Gasteiger partial charge is 0.287 e. The van der Waals surface area contributed by atoms with Gasteiger partial charge < -0.3 is 5.11 Å². The van der Waals surface area contributed by atoms with Crippen molar-refractivity contribution in [2.75, 3.05) is 0 Å². The normalized spacial score (nSPS) is 11.1. The lowest BCUT2D eigenvalue weighted by molar-refractivity contribution is -0.385. The van der Waals surface area contributed by atoms with Gasteiger partial charge in [-0.05, 0) is 22.9 Å². The Morgan fingerprint density at radius 1 is 1.14 bits per heavy atom. The summed E-state index contributed by atoms with van der Waals surface area (Å²) < 4.78 is 0. The Bertz CT molecular complexity index is 873. The lowest BCUT2D eigenvalue weighted by atomic mass is 10.0. The minimum absolute atomic E-state index is 0.0908. The van der Waals surface area contributed by atoms with Crippen molar-refractivity contribution in [1.82, 2.24) is 4.98 Å². The fraction of sp³-hybridized carbons (Fsp3) is 0. The number of phenols is 1. The van der Waals surface area contributed by atoms with Crippen LogP contribution < -0.4 is 0 Å². The van der Waals surface area contributed by atoms with E-state index in [0.717, 1.165) is 17.0 Å². The summed E-state index contributed by atoms with van der Waals surface area (Å²) in [4.78, 5) is 18.1. The second kappa shape index (κ2) is 5.61. The number of hydrogen-bond acceptors (Lipinski definition) is 5. The summed E-state index contributed by atoms with van der Waals surface area (Å²) in [6, 6.07) is 13.8. The quantitative estimate of drug-likeness (QED) is 0.454. The van der Waals surface area contributed by atoms with Crippen molar-refractivity contribution >= 4 is 28.5 Å². The zero-order chi connectivity index (χ0) is 15.5. The summed E-state index contributed by atoms with van der Waals surface area (Å²) in [6.07, 6.45) is 2.65. The Morgan fingerprint density at radius 3 is 2.68 bits per heavy atom. The van der Waals surface area contributed by atoms with Crippen LogP contribution >= 0.6 is 0 Å². The van der Waals surface area contributed by atoms with Gasteiger partial charge in [0, 0.05) is 17.8 Å². The number of benzene rings is 2. The SMILES string of the molecule is O=[N+]([O-])c1ccc(N=Cc2c(O)ccc3ccccc23)nc1. The van der Waals surface area contributed by atoms with E-state index in [9.17, 15) is 15.2 Å². The molecule has 0 aliphatic rings. The van der Waals surface area contributed by atoms with Gasteiger partial charge in [0.2, 0.25) is 0 Å². The van der Waals surface area contributed by atoms with E-state index in [1.54, 1.807) is 6.07 Å². The summed E-state index contributed by atoms with van der Waals surface area (Å²) in [7, 11) is 0. The molecule has 1 aromatic heterocycles. The molecule has 0 saturated heterocycles. The third-order valence-electron chi connectivity index (χ3n) is 3.22. The van der Waals surface area contributed by atoms with E-state index >= 15 is 0 Å². The number of phenolic OH excluding ortho intramolecular Hbond substituents is 1. The number of fused-ring (bicyclic) bond motifs is 1. The highest BCUT2D eigenvalue weighted by atomic mass is 16.6. The molecule has 1 heterocycles. The minimum atomic E-state index is -0.517. The average Bonchev–Trinajstić information content (AvgIpc) is 2.54. The number of hydrogen-bond donors (Lipinski definition) is 1. The number of nitrogens with zero attached hydrogens (tertiary/aromatic N) is 3. The molecule has 0 fully saturated rings. The van der Waals surface area contributed by atoms with Crippen LogP contribution in [-0.4, -0.2) is 21.2 Å². The van der Waals surface area contributed by atoms with Crippen molar-refractivity contribution in [3.8, 4) is 5.75 Å². The Hall–Kier alpha value is -3.28. The molecule has 6 heteroatoms. The predicted molar refractivity (Wildman–Crippen MR) is 83.8 cm³/mol. The molecule has 0 bridgehead atoms. The molecular weight excluding hydrogens is 282 g/mol. The lowest BCUT2D eigenvalue weighted by Gasteiger charge is -2.04. The van der Waals surface area contributed by atoms with Crippen LogP contribution in [0.5, 0.6) is 5.75 Å². The van der Waals surface area contributed by atoms with Gasteiger partial charge in [-0.3, -0.25) is 10.1 Å². The summed E-state index contributed by atoms with van der Waals surface area (Å²) in [5.41, 5.74) is 0.491. The highest BCUT2D eigenvalue weighted by molar-refractivity contribution is 6.02. The van der Waals surface area contributed by atoms with E-state index in [0.29, 0.717) is 11.4 Å². The number of pyridine rings is 1. The summed E-state index contributed by atoms with van der Waals surface area (Å²) in [5.74, 6) is 0.447. The number of aromatic nitrogens is 1. The van der Waals surface area contributed by atoms with E-state index in [1.165, 1.54) is 18.3 Å². The van der Waals surface area contributed by atoms with E-state index < -0.39 is 4.92 Å². The van der Waals surface area contributed by atoms with Gasteiger partial charge in [0.15, 0.2) is 5.82 Å². The second-order valence-corrected chi connectivity index (χ2v) is 4.61. The molecule has 0 aliphatic carbocycles. The van der Waals surface area contributed by atoms with Crippen molar-refractivity contribution in [2.45, 2.75) is 0 Å². The van der Waals surface area contributed by atoms with Gasteiger partial charge in [0.1, 0.15) is 11.9 Å². The summed E-state index contributed by atoms with van der Waals surface area (Å²) in [5, 5.41) is 22.4. The van der Waals surface area contributed by atoms with Crippen LogP contribution in [0.1, 0.15) is 5.56 Å². The zero-order valence-electron chi connectivity index (χ0n) is 11.4. The van der Waals surface area contributed by atoms with E-state index in [2.05, 4.69) is 9.98 Å². The number of aromatic hydroxyl groups is 1. The van der Waals surface area contributed by atoms with Crippen LogP contribution in [0.25, 0.3) is 10.8 Å². The van der Waals surface area contributed by atoms with Crippen molar-refractivity contribution in [2.24, 2.45) is 4.99 Å². The zero-order valence-corrected chi connectivity index (χ0v) is 11.4. The molecule has 0 saturated carbocycles. The topological polar surface area (TPSA) is 88.6 Å². The van der Waals surface area contributed by atoms with Gasteiger partial charge in [-0.2, -0.15) is 0 Å². The molecule has 22 heavy (non-hydrogen) atoms. The largest absolute Gasteiger partial charge is 0.507 e. The molecule has 0 unspecified atom stereocenters. The van der Waals surface area contributed by atoms with Crippen molar-refractivity contribution in [3.05, 3.63) is 70.4 Å². The van der Waals surface area contributed by atoms with Gasteiger partial charge in [-0.15, -0.1) is 0 Å². The molecule has 3 rings (SSSR count). The maximum absolute atomic E-state index is 10.6. The maximum Gasteiger partial charge on any atom is 0.287 e. The van der Waals surface area contributed by atoms with Crippen LogP contribution in [0.4, 0.5) is 11.5 Å². The molecule has 108 valence electrons. The van der Waals surface area contributed by atoms with Crippen molar-refractivity contribution in [1.29, 1.82) is 0 Å². The van der Waals surface area contributed by atoms with Gasteiger partial charge in [0.05, 0.1) is 4.92 Å². The van der Waals surface area contributed by atoms with Crippen molar-refractivity contribution < 1.29 is 10.0 Å². The van der Waals surface area contributed by atoms with Gasteiger partial charge in [-0.1, -0.05) is 30.3 Å². The Labute approximate surface area is 125 Å². The first-order valence-corrected chi connectivity index (χ1v) is 6.50. The molecule has 0 spiro atoms. The van der Waals surface area contributed by atoms with E-state index in [1.807, 2.05) is 30.3 Å². The first-order valence-electron chi connectivity index (χ1n) is 6.50. The van der Waals surface area contributed by atoms with Crippen LogP contribution in [-0.2, 0) is 0 Å². The first-order chi connectivity index (χ1) is 10.6. The maximum atomic E-state index is 10.6. The molecule has 0 aliphatic heterocycles. The lowest BCUT2D eigenvalue weighted by Crippen LogP contribution is -1.89. The molecule has 0 amide bonds. The third kappa shape index (κ3) is 2.62. The minimum Gasteiger partial charge on any atom is -0.507 e. The molecule has 1 N–H and O–H groups in total. The second-order valence-electron chi connectivity index (χ2n) is 4.61. The number of rotatable bonds is 3. The molecule has 6 nitrogen and oxygen atoms in total. The van der Waals surface area contributed by atoms with Gasteiger partial charge >= 0.3 is 0 Å². The Balaban J connectivity index is 1.98. The van der Waals surface area contributed by atoms with Crippen LogP contribution in [0, 0.1) is 10.1 Å². The third-order valence-corrected chi connectivity index (χ3v) is 3.22. The standard InChI is InChI=1S/C16H11N3O3/c20-15-7-5-11-3-1-2-4-13(11)14(15)10-18-16-8-6-12(9-17-16)19(21)22/h1-10,20H. The summed E-state index contributed by atoms with van der Waals surface area (Å²) in [6.45, 7) is 0. The predicted octanol–water partition coefficient (Wildman–Crippen LogP) is 3.60. The van der Waals surface area contributed by atoms with Crippen LogP contribution in [0.15, 0.2) is 59.7 Å². The monoisotopic (exact) mass is 293 g/mol. The van der Waals surface area contributed by atoms with Crippen LogP contribution in [0.3, 0.4) is 0 Å². The molecule has 0 atom stereocenters. The fourth-order valence-corrected chi connectivity index (χ4v) is 2.11. The van der Waals surface area contributed by atoms with Crippen LogP contribution in [0.2, 0.25) is 0 Å². The highest BCUT2D eigenvalue weighted by Crippen LogP contribution is 2.26. The van der Waals surface area contributed by atoms with Gasteiger partial charge in [0.25, 0.3) is 5.69 Å². The number of aliphatic imine (C=N–C) groups is 1. The fourth-order valence-electron chi connectivity index (χ4n) is 2.11. The summed E-state index contributed by atoms with van der Waals surface area (Å²) >= 11 is 0. The van der Waals surface area contributed by atoms with Crippen molar-refractivity contribution in [3.63, 3.8) is 0 Å². The Morgan fingerprint density at radius 2 is 1.95 bits per heavy atom. The first kappa shape index (κ1) is 13.7. The molecule has 0 radical (unpaired) electrons. The Kier molecular flexibility index (Phi) is 3.49. The average molecular weight is 293 g/mol.